The van der Waals surface area contributed by atoms with Crippen LogP contribution < -0.4 is 11.1 Å². The van der Waals surface area contributed by atoms with Gasteiger partial charge in [-0.2, -0.15) is 0 Å². The van der Waals surface area contributed by atoms with Crippen molar-refractivity contribution in [3.63, 3.8) is 0 Å². The summed E-state index contributed by atoms with van der Waals surface area (Å²) in [5, 5.41) is 3.57. The van der Waals surface area contributed by atoms with Crippen LogP contribution in [0, 0.1) is 13.8 Å². The predicted molar refractivity (Wildman–Crippen MR) is 184 cm³/mol. The van der Waals surface area contributed by atoms with E-state index in [1.165, 1.54) is 22.3 Å². The van der Waals surface area contributed by atoms with Gasteiger partial charge in [-0.05, 0) is 86.0 Å². The molecule has 0 bridgehead atoms. The monoisotopic (exact) mass is 563 g/mol. The van der Waals surface area contributed by atoms with Gasteiger partial charge in [0.2, 0.25) is 0 Å². The van der Waals surface area contributed by atoms with Crippen LogP contribution in [-0.4, -0.2) is 42.7 Å². The maximum Gasteiger partial charge on any atom is 0.0741 e. The molecule has 3 aromatic rings. The van der Waals surface area contributed by atoms with Crippen LogP contribution in [0.5, 0.6) is 0 Å². The summed E-state index contributed by atoms with van der Waals surface area (Å²) in [5.41, 5.74) is 18.1. The smallest absolute Gasteiger partial charge is 0.0741 e. The Hall–Kier alpha value is -4.09. The average Bonchev–Trinajstić information content (AvgIpc) is 3.47. The van der Waals surface area contributed by atoms with E-state index in [1.807, 2.05) is 33.0 Å². The lowest BCUT2D eigenvalue weighted by molar-refractivity contribution is 0.255. The lowest BCUT2D eigenvalue weighted by Gasteiger charge is -2.36. The third kappa shape index (κ3) is 8.01. The van der Waals surface area contributed by atoms with Gasteiger partial charge in [0.1, 0.15) is 0 Å². The Bertz CT molecular complexity index is 1430. The average molecular weight is 564 g/mol. The van der Waals surface area contributed by atoms with Crippen LogP contribution in [0.3, 0.4) is 0 Å². The number of aliphatic imine (C=N–C) groups is 1. The van der Waals surface area contributed by atoms with Gasteiger partial charge in [-0.25, -0.2) is 0 Å². The number of hydrogen-bond acceptors (Lipinski definition) is 5. The summed E-state index contributed by atoms with van der Waals surface area (Å²) in [5.74, 6) is 0. The van der Waals surface area contributed by atoms with E-state index in [1.54, 1.807) is 0 Å². The van der Waals surface area contributed by atoms with Crippen molar-refractivity contribution in [3.8, 4) is 0 Å². The first kappa shape index (κ1) is 32.4. The molecule has 42 heavy (non-hydrogen) atoms. The predicted octanol–water partition coefficient (Wildman–Crippen LogP) is 8.60. The van der Waals surface area contributed by atoms with Crippen LogP contribution in [0.1, 0.15) is 67.5 Å². The van der Waals surface area contributed by atoms with Gasteiger partial charge in [-0.1, -0.05) is 82.5 Å². The van der Waals surface area contributed by atoms with Crippen molar-refractivity contribution in [2.45, 2.75) is 53.5 Å². The normalized spacial score (nSPS) is 13.0. The van der Waals surface area contributed by atoms with Crippen molar-refractivity contribution < 1.29 is 0 Å². The summed E-state index contributed by atoms with van der Waals surface area (Å²) in [7, 11) is 4.21. The van der Waals surface area contributed by atoms with Gasteiger partial charge >= 0.3 is 0 Å². The Labute approximate surface area is 254 Å². The minimum absolute atomic E-state index is 0.102. The van der Waals surface area contributed by atoms with Gasteiger partial charge in [-0.3, -0.25) is 9.89 Å². The first-order valence-electron chi connectivity index (χ1n) is 15.0. The molecular weight excluding hydrogens is 514 g/mol. The molecule has 1 aliphatic heterocycles. The highest BCUT2D eigenvalue weighted by Gasteiger charge is 2.22. The van der Waals surface area contributed by atoms with Gasteiger partial charge in [0.25, 0.3) is 0 Å². The Morgan fingerprint density at radius 1 is 0.952 bits per heavy atom. The number of likely N-dealkylation sites (N-methyl/N-ethyl adjacent to an activating group) is 1. The van der Waals surface area contributed by atoms with E-state index in [9.17, 15) is 0 Å². The van der Waals surface area contributed by atoms with E-state index < -0.39 is 0 Å². The van der Waals surface area contributed by atoms with Gasteiger partial charge < -0.3 is 16.0 Å². The standard InChI is InChI=1S/C35H43N5.C2H6/c1-8-18-40(27(5)35(39(6)7)28-12-10-9-11-13-28)23-26(4)38-33-17-16-29(19-25(33)3)31-21-34(37-22-31)30-15-14-24(2)32(36)20-30;1-2/h9-17,19-20,22,35,38H,4-5,8,18,21,23,36H2,1-3,6-7H3;1-2H3. The highest BCUT2D eigenvalue weighted by Crippen LogP contribution is 2.31. The number of nitrogens with two attached hydrogens (primary N) is 1. The molecule has 0 radical (unpaired) electrons. The molecule has 0 aromatic heterocycles. The number of aryl methyl sites for hydroxylation is 2. The third-order valence-corrected chi connectivity index (χ3v) is 7.48. The number of allylic oxidation sites excluding steroid dienone is 1. The van der Waals surface area contributed by atoms with Crippen LogP contribution in [-0.2, 0) is 0 Å². The van der Waals surface area contributed by atoms with Crippen molar-refractivity contribution in [1.29, 1.82) is 0 Å². The van der Waals surface area contributed by atoms with Gasteiger partial charge in [0, 0.05) is 41.9 Å². The topological polar surface area (TPSA) is 56.9 Å². The van der Waals surface area contributed by atoms with E-state index in [-0.39, 0.29) is 6.04 Å². The summed E-state index contributed by atoms with van der Waals surface area (Å²) in [4.78, 5) is 9.27. The Morgan fingerprint density at radius 3 is 2.26 bits per heavy atom. The second kappa shape index (κ2) is 15.2. The second-order valence-electron chi connectivity index (χ2n) is 10.9. The molecule has 0 aliphatic carbocycles. The van der Waals surface area contributed by atoms with Crippen molar-refractivity contribution in [3.05, 3.63) is 125 Å². The van der Waals surface area contributed by atoms with E-state index in [2.05, 4.69) is 117 Å². The van der Waals surface area contributed by atoms with E-state index >= 15 is 0 Å². The summed E-state index contributed by atoms with van der Waals surface area (Å²) in [6.07, 6.45) is 3.81. The number of nitrogens with one attached hydrogen (secondary N) is 1. The zero-order chi connectivity index (χ0) is 30.8. The van der Waals surface area contributed by atoms with Crippen molar-refractivity contribution in [2.24, 2.45) is 4.99 Å². The van der Waals surface area contributed by atoms with Gasteiger partial charge in [0.15, 0.2) is 0 Å². The minimum Gasteiger partial charge on any atom is -0.398 e. The number of nitrogens with zero attached hydrogens (tertiary/aromatic N) is 3. The first-order chi connectivity index (χ1) is 20.2. The zero-order valence-electron chi connectivity index (χ0n) is 26.7. The van der Waals surface area contributed by atoms with Crippen LogP contribution >= 0.6 is 0 Å². The van der Waals surface area contributed by atoms with Crippen LogP contribution in [0.4, 0.5) is 11.4 Å². The summed E-state index contributed by atoms with van der Waals surface area (Å²) < 4.78 is 0. The molecular formula is C37H49N5. The second-order valence-corrected chi connectivity index (χ2v) is 10.9. The zero-order valence-corrected chi connectivity index (χ0v) is 26.7. The largest absolute Gasteiger partial charge is 0.398 e. The molecule has 1 atom stereocenters. The Morgan fingerprint density at radius 2 is 1.64 bits per heavy atom. The summed E-state index contributed by atoms with van der Waals surface area (Å²) in [6, 6.07) is 23.4. The van der Waals surface area contributed by atoms with Crippen molar-refractivity contribution >= 4 is 22.7 Å². The molecule has 5 heteroatoms. The quantitative estimate of drug-likeness (QED) is 0.217. The van der Waals surface area contributed by atoms with Crippen molar-refractivity contribution in [2.75, 3.05) is 38.2 Å². The molecule has 0 saturated carbocycles. The van der Waals surface area contributed by atoms with E-state index in [0.29, 0.717) is 6.54 Å². The van der Waals surface area contributed by atoms with Crippen molar-refractivity contribution in [1.82, 2.24) is 9.80 Å². The number of nitrogen functional groups attached to an aromatic ring is 1. The highest BCUT2D eigenvalue weighted by atomic mass is 15.2. The number of hydrogen-bond donors (Lipinski definition) is 2. The van der Waals surface area contributed by atoms with Crippen LogP contribution in [0.15, 0.2) is 102 Å². The SMILES string of the molecule is C=C(CN(CCC)C(=C)C(c1ccccc1)N(C)C)Nc1ccc(C2=CN=C(c3ccc(C)c(N)c3)C2)cc1C.CC. The molecule has 3 aromatic carbocycles. The number of rotatable bonds is 12. The molecule has 0 fully saturated rings. The fraction of sp³-hybridized carbons (Fsp3) is 0.324. The summed E-state index contributed by atoms with van der Waals surface area (Å²) in [6.45, 7) is 20.9. The lowest BCUT2D eigenvalue weighted by Crippen LogP contribution is -2.34. The fourth-order valence-corrected chi connectivity index (χ4v) is 5.26. The molecule has 0 amide bonds. The molecule has 5 nitrogen and oxygen atoms in total. The Balaban J connectivity index is 0.00000237. The molecule has 1 aliphatic rings. The van der Waals surface area contributed by atoms with E-state index in [4.69, 9.17) is 10.7 Å². The minimum atomic E-state index is 0.102. The maximum absolute atomic E-state index is 6.13. The first-order valence-corrected chi connectivity index (χ1v) is 15.0. The molecule has 0 saturated heterocycles. The van der Waals surface area contributed by atoms with Crippen LogP contribution in [0.25, 0.3) is 5.57 Å². The van der Waals surface area contributed by atoms with Crippen LogP contribution in [0.2, 0.25) is 0 Å². The summed E-state index contributed by atoms with van der Waals surface area (Å²) >= 11 is 0. The molecule has 1 unspecified atom stereocenters. The van der Waals surface area contributed by atoms with Gasteiger partial charge in [-0.15, -0.1) is 0 Å². The molecule has 4 rings (SSSR count). The molecule has 0 spiro atoms. The third-order valence-electron chi connectivity index (χ3n) is 7.48. The fourth-order valence-electron chi connectivity index (χ4n) is 5.26. The lowest BCUT2D eigenvalue weighted by atomic mass is 9.97. The Kier molecular flexibility index (Phi) is 11.8. The maximum atomic E-state index is 6.13. The highest BCUT2D eigenvalue weighted by molar-refractivity contribution is 6.09. The molecule has 3 N–H and O–H groups in total. The van der Waals surface area contributed by atoms with E-state index in [0.717, 1.165) is 59.0 Å². The number of benzene rings is 3. The molecule has 222 valence electrons. The number of anilines is 2. The van der Waals surface area contributed by atoms with Gasteiger partial charge in [0.05, 0.1) is 18.3 Å². The molecule has 1 heterocycles.